The zero-order chi connectivity index (χ0) is 16.8. The van der Waals surface area contributed by atoms with Crippen molar-refractivity contribution in [3.05, 3.63) is 42.0 Å². The smallest absolute Gasteiger partial charge is 0.229 e. The van der Waals surface area contributed by atoms with Gasteiger partial charge in [0.2, 0.25) is 5.91 Å². The molecule has 3 N–H and O–H groups in total. The van der Waals surface area contributed by atoms with Crippen LogP contribution in [0.25, 0.3) is 5.69 Å². The number of carbonyl (C=O) groups is 1. The van der Waals surface area contributed by atoms with E-state index < -0.39 is 5.82 Å². The molecule has 2 aromatic rings. The van der Waals surface area contributed by atoms with Crippen LogP contribution in [0.5, 0.6) is 0 Å². The maximum Gasteiger partial charge on any atom is 0.229 e. The van der Waals surface area contributed by atoms with E-state index in [2.05, 4.69) is 10.4 Å². The first-order valence-corrected chi connectivity index (χ1v) is 8.40. The van der Waals surface area contributed by atoms with Gasteiger partial charge in [0.25, 0.3) is 0 Å². The first-order valence-electron chi connectivity index (χ1n) is 8.40. The molecule has 4 rings (SSSR count). The van der Waals surface area contributed by atoms with Crippen molar-refractivity contribution in [2.24, 2.45) is 23.5 Å². The number of anilines is 1. The summed E-state index contributed by atoms with van der Waals surface area (Å²) in [5.41, 5.74) is 7.98. The number of nitrogens with one attached hydrogen (secondary N) is 1. The standard InChI is InChI=1S/C18H21FN4O.ClH/c1-10-8-21-23(9-10)15-5-4-13(7-14(15)19)22-18(24)16-11-2-3-12(6-11)17(16)20;/h4-5,7-9,11-12,16-17H,2-3,6,20H2,1H3,(H,22,24);1H. The number of hydrogen-bond donors (Lipinski definition) is 2. The number of aromatic nitrogens is 2. The zero-order valence-electron chi connectivity index (χ0n) is 14.0. The number of nitrogens with zero attached hydrogens (tertiary/aromatic N) is 2. The SMILES string of the molecule is Cc1cnn(-c2ccc(NC(=O)C3C4CCC(C4)C3N)cc2F)c1.Cl. The van der Waals surface area contributed by atoms with Crippen LogP contribution >= 0.6 is 12.4 Å². The normalized spacial score (nSPS) is 27.2. The van der Waals surface area contributed by atoms with Gasteiger partial charge in [0, 0.05) is 17.9 Å². The highest BCUT2D eigenvalue weighted by Crippen LogP contribution is 2.47. The van der Waals surface area contributed by atoms with E-state index in [9.17, 15) is 9.18 Å². The van der Waals surface area contributed by atoms with Crippen LogP contribution in [-0.2, 0) is 4.79 Å². The lowest BCUT2D eigenvalue weighted by atomic mass is 9.84. The fourth-order valence-electron chi connectivity index (χ4n) is 4.27. The topological polar surface area (TPSA) is 72.9 Å². The van der Waals surface area contributed by atoms with Gasteiger partial charge in [-0.1, -0.05) is 0 Å². The number of halogens is 2. The van der Waals surface area contributed by atoms with E-state index in [1.54, 1.807) is 24.5 Å². The van der Waals surface area contributed by atoms with Crippen LogP contribution in [0.1, 0.15) is 24.8 Å². The van der Waals surface area contributed by atoms with Crippen LogP contribution in [0.3, 0.4) is 0 Å². The Labute approximate surface area is 152 Å². The van der Waals surface area contributed by atoms with Gasteiger partial charge >= 0.3 is 0 Å². The number of nitrogens with two attached hydrogens (primary N) is 1. The number of rotatable bonds is 3. The van der Waals surface area contributed by atoms with Gasteiger partial charge in [-0.2, -0.15) is 5.10 Å². The minimum absolute atomic E-state index is 0. The number of carbonyl (C=O) groups excluding carboxylic acids is 1. The number of fused-ring (bicyclic) bond motifs is 2. The lowest BCUT2D eigenvalue weighted by molar-refractivity contribution is -0.121. The molecule has 7 heteroatoms. The Morgan fingerprint density at radius 2 is 2.12 bits per heavy atom. The maximum atomic E-state index is 14.4. The molecule has 2 aliphatic carbocycles. The average molecular weight is 365 g/mol. The second kappa shape index (κ2) is 6.77. The summed E-state index contributed by atoms with van der Waals surface area (Å²) in [5.74, 6) is 0.180. The van der Waals surface area contributed by atoms with Gasteiger partial charge in [0.15, 0.2) is 5.82 Å². The molecule has 5 nitrogen and oxygen atoms in total. The molecule has 1 aromatic heterocycles. The lowest BCUT2D eigenvalue weighted by Crippen LogP contribution is -2.42. The molecule has 4 unspecified atom stereocenters. The largest absolute Gasteiger partial charge is 0.327 e. The lowest BCUT2D eigenvalue weighted by Gasteiger charge is -2.27. The van der Waals surface area contributed by atoms with Crippen molar-refractivity contribution in [1.82, 2.24) is 9.78 Å². The Bertz CT molecular complexity index is 791. The highest BCUT2D eigenvalue weighted by atomic mass is 35.5. The molecule has 1 heterocycles. The van der Waals surface area contributed by atoms with Gasteiger partial charge in [-0.25, -0.2) is 9.07 Å². The second-order valence-corrected chi connectivity index (χ2v) is 7.05. The molecule has 25 heavy (non-hydrogen) atoms. The van der Waals surface area contributed by atoms with Crippen LogP contribution < -0.4 is 11.1 Å². The Morgan fingerprint density at radius 1 is 1.36 bits per heavy atom. The Hall–Kier alpha value is -1.92. The minimum Gasteiger partial charge on any atom is -0.327 e. The van der Waals surface area contributed by atoms with Crippen molar-refractivity contribution in [2.75, 3.05) is 5.32 Å². The molecule has 0 aliphatic heterocycles. The molecule has 1 aromatic carbocycles. The number of hydrogen-bond acceptors (Lipinski definition) is 3. The predicted octanol–water partition coefficient (Wildman–Crippen LogP) is 3.05. The predicted molar refractivity (Wildman–Crippen MR) is 96.4 cm³/mol. The molecule has 134 valence electrons. The van der Waals surface area contributed by atoms with Crippen LogP contribution in [-0.4, -0.2) is 21.7 Å². The van der Waals surface area contributed by atoms with E-state index in [1.165, 1.54) is 10.7 Å². The number of benzene rings is 1. The molecule has 4 atom stereocenters. The molecule has 0 radical (unpaired) electrons. The van der Waals surface area contributed by atoms with E-state index in [-0.39, 0.29) is 30.3 Å². The molecule has 2 saturated carbocycles. The Morgan fingerprint density at radius 3 is 2.72 bits per heavy atom. The first kappa shape index (κ1) is 17.9. The highest BCUT2D eigenvalue weighted by molar-refractivity contribution is 5.93. The molecular weight excluding hydrogens is 343 g/mol. The van der Waals surface area contributed by atoms with Crippen molar-refractivity contribution in [1.29, 1.82) is 0 Å². The third-order valence-corrected chi connectivity index (χ3v) is 5.46. The Balaban J connectivity index is 0.00000182. The van der Waals surface area contributed by atoms with Gasteiger partial charge in [0.1, 0.15) is 5.69 Å². The molecule has 0 saturated heterocycles. The average Bonchev–Trinajstić information content (AvgIpc) is 3.23. The summed E-state index contributed by atoms with van der Waals surface area (Å²) in [6.07, 6.45) is 6.67. The summed E-state index contributed by atoms with van der Waals surface area (Å²) >= 11 is 0. The molecular formula is C18H22ClFN4O. The summed E-state index contributed by atoms with van der Waals surface area (Å²) in [5, 5.41) is 6.94. The first-order chi connectivity index (χ1) is 11.5. The fraction of sp³-hybridized carbons (Fsp3) is 0.444. The quantitative estimate of drug-likeness (QED) is 0.879. The van der Waals surface area contributed by atoms with E-state index in [0.717, 1.165) is 24.8 Å². The summed E-state index contributed by atoms with van der Waals surface area (Å²) < 4.78 is 15.9. The van der Waals surface area contributed by atoms with E-state index in [4.69, 9.17) is 5.73 Å². The molecule has 2 fully saturated rings. The summed E-state index contributed by atoms with van der Waals surface area (Å²) in [7, 11) is 0. The van der Waals surface area contributed by atoms with Crippen molar-refractivity contribution in [3.8, 4) is 5.69 Å². The van der Waals surface area contributed by atoms with Crippen LogP contribution in [0.4, 0.5) is 10.1 Å². The molecule has 2 bridgehead atoms. The van der Waals surface area contributed by atoms with Gasteiger partial charge < -0.3 is 11.1 Å². The van der Waals surface area contributed by atoms with Gasteiger partial charge in [0.05, 0.1) is 12.1 Å². The monoisotopic (exact) mass is 364 g/mol. The minimum atomic E-state index is -0.423. The maximum absolute atomic E-state index is 14.4. The fourth-order valence-corrected chi connectivity index (χ4v) is 4.27. The number of aryl methyl sites for hydroxylation is 1. The van der Waals surface area contributed by atoms with Crippen LogP contribution in [0.15, 0.2) is 30.6 Å². The number of amides is 1. The third-order valence-electron chi connectivity index (χ3n) is 5.46. The molecule has 2 aliphatic rings. The van der Waals surface area contributed by atoms with Gasteiger partial charge in [-0.05, 0) is 61.8 Å². The summed E-state index contributed by atoms with van der Waals surface area (Å²) in [4.78, 5) is 12.6. The van der Waals surface area contributed by atoms with Crippen LogP contribution in [0, 0.1) is 30.5 Å². The van der Waals surface area contributed by atoms with Crippen molar-refractivity contribution in [3.63, 3.8) is 0 Å². The zero-order valence-corrected chi connectivity index (χ0v) is 14.8. The van der Waals surface area contributed by atoms with Crippen molar-refractivity contribution < 1.29 is 9.18 Å². The Kier molecular flexibility index (Phi) is 4.84. The summed E-state index contributed by atoms with van der Waals surface area (Å²) in [6, 6.07) is 4.59. The van der Waals surface area contributed by atoms with E-state index in [1.807, 2.05) is 6.92 Å². The van der Waals surface area contributed by atoms with Gasteiger partial charge in [-0.3, -0.25) is 4.79 Å². The third kappa shape index (κ3) is 3.16. The van der Waals surface area contributed by atoms with E-state index in [0.29, 0.717) is 23.2 Å². The molecule has 1 amide bonds. The second-order valence-electron chi connectivity index (χ2n) is 7.05. The van der Waals surface area contributed by atoms with Crippen LogP contribution in [0.2, 0.25) is 0 Å². The van der Waals surface area contributed by atoms with Crippen molar-refractivity contribution >= 4 is 24.0 Å². The van der Waals surface area contributed by atoms with Crippen molar-refractivity contribution in [2.45, 2.75) is 32.2 Å². The highest BCUT2D eigenvalue weighted by Gasteiger charge is 2.49. The van der Waals surface area contributed by atoms with Gasteiger partial charge in [-0.15, -0.1) is 12.4 Å². The summed E-state index contributed by atoms with van der Waals surface area (Å²) in [6.45, 7) is 1.90. The van der Waals surface area contributed by atoms with E-state index >= 15 is 0 Å². The molecule has 0 spiro atoms.